The number of halogens is 4. The molecular weight excluding hydrogens is 406 g/mol. The van der Waals surface area contributed by atoms with E-state index in [1.165, 1.54) is 24.4 Å². The number of pyridine rings is 1. The van der Waals surface area contributed by atoms with Crippen molar-refractivity contribution in [2.75, 3.05) is 31.1 Å². The summed E-state index contributed by atoms with van der Waals surface area (Å²) in [4.78, 5) is 23.7. The highest BCUT2D eigenvalue weighted by atomic mass is 19.4. The van der Waals surface area contributed by atoms with Gasteiger partial charge in [-0.05, 0) is 30.3 Å². The molecule has 0 atom stereocenters. The predicted octanol–water partition coefficient (Wildman–Crippen LogP) is 3.25. The molecule has 0 spiro atoms. The highest BCUT2D eigenvalue weighted by Gasteiger charge is 2.38. The van der Waals surface area contributed by atoms with Crippen LogP contribution in [0.2, 0.25) is 0 Å². The molecule has 0 unspecified atom stereocenters. The van der Waals surface area contributed by atoms with Crippen molar-refractivity contribution >= 4 is 11.7 Å². The normalized spacial score (nSPS) is 14.8. The highest BCUT2D eigenvalue weighted by molar-refractivity contribution is 5.94. The van der Waals surface area contributed by atoms with Crippen LogP contribution in [0.1, 0.15) is 16.2 Å². The van der Waals surface area contributed by atoms with E-state index in [2.05, 4.69) is 19.6 Å². The first-order chi connectivity index (χ1) is 14.3. The summed E-state index contributed by atoms with van der Waals surface area (Å²) in [6.45, 7) is 1.87. The molecule has 1 amide bonds. The zero-order valence-corrected chi connectivity index (χ0v) is 15.4. The van der Waals surface area contributed by atoms with Gasteiger partial charge in [0.05, 0.1) is 0 Å². The first-order valence-corrected chi connectivity index (χ1v) is 8.98. The molecule has 3 heterocycles. The van der Waals surface area contributed by atoms with Gasteiger partial charge < -0.3 is 14.3 Å². The fourth-order valence-corrected chi connectivity index (χ4v) is 3.10. The molecule has 0 aliphatic carbocycles. The number of alkyl halides is 3. The van der Waals surface area contributed by atoms with Gasteiger partial charge in [0, 0.05) is 43.5 Å². The van der Waals surface area contributed by atoms with E-state index in [1.807, 2.05) is 4.90 Å². The number of piperazine rings is 1. The Labute approximate surface area is 167 Å². The van der Waals surface area contributed by atoms with Gasteiger partial charge in [-0.2, -0.15) is 18.2 Å². The zero-order valence-electron chi connectivity index (χ0n) is 15.4. The van der Waals surface area contributed by atoms with Crippen molar-refractivity contribution in [3.8, 4) is 11.4 Å². The first kappa shape index (κ1) is 19.8. The number of benzene rings is 1. The number of aromatic nitrogens is 3. The molecular formula is C19H15F4N5O2. The highest BCUT2D eigenvalue weighted by Crippen LogP contribution is 2.29. The average molecular weight is 421 g/mol. The van der Waals surface area contributed by atoms with Crippen molar-refractivity contribution in [1.29, 1.82) is 0 Å². The smallest absolute Gasteiger partial charge is 0.353 e. The Morgan fingerprint density at radius 1 is 1.07 bits per heavy atom. The van der Waals surface area contributed by atoms with E-state index < -0.39 is 17.9 Å². The number of amides is 1. The number of hydrogen-bond donors (Lipinski definition) is 0. The third-order valence-electron chi connectivity index (χ3n) is 4.64. The minimum Gasteiger partial charge on any atom is -0.353 e. The van der Waals surface area contributed by atoms with Crippen LogP contribution in [0.3, 0.4) is 0 Å². The third-order valence-corrected chi connectivity index (χ3v) is 4.64. The molecule has 3 aromatic rings. The van der Waals surface area contributed by atoms with Crippen LogP contribution in [-0.2, 0) is 6.18 Å². The number of hydrogen-bond acceptors (Lipinski definition) is 6. The summed E-state index contributed by atoms with van der Waals surface area (Å²) in [6.07, 6.45) is -3.34. The van der Waals surface area contributed by atoms with Crippen LogP contribution in [0.15, 0.2) is 47.1 Å². The first-order valence-electron chi connectivity index (χ1n) is 8.98. The molecule has 1 fully saturated rings. The number of carbonyl (C=O) groups excluding carboxylic acids is 1. The lowest BCUT2D eigenvalue weighted by Crippen LogP contribution is -2.49. The Bertz CT molecular complexity index is 1040. The summed E-state index contributed by atoms with van der Waals surface area (Å²) in [6, 6.07) is 8.74. The van der Waals surface area contributed by atoms with Crippen LogP contribution >= 0.6 is 0 Å². The lowest BCUT2D eigenvalue weighted by molar-refractivity contribution is -0.159. The molecule has 0 bridgehead atoms. The van der Waals surface area contributed by atoms with Crippen molar-refractivity contribution in [2.24, 2.45) is 0 Å². The van der Waals surface area contributed by atoms with Gasteiger partial charge >= 0.3 is 12.1 Å². The van der Waals surface area contributed by atoms with Crippen LogP contribution in [0.4, 0.5) is 23.4 Å². The summed E-state index contributed by atoms with van der Waals surface area (Å²) in [5, 5.41) is 3.33. The SMILES string of the molecule is O=C(c1cccc(F)c1)N1CCN(c2ccc(-c3noc(C(F)(F)F)n3)cn2)CC1. The van der Waals surface area contributed by atoms with Crippen molar-refractivity contribution in [3.63, 3.8) is 0 Å². The van der Waals surface area contributed by atoms with E-state index in [1.54, 1.807) is 23.1 Å². The van der Waals surface area contributed by atoms with Crippen molar-refractivity contribution in [2.45, 2.75) is 6.18 Å². The number of carbonyl (C=O) groups is 1. The third kappa shape index (κ3) is 4.09. The molecule has 11 heteroatoms. The average Bonchev–Trinajstić information content (AvgIpc) is 3.24. The van der Waals surface area contributed by atoms with Crippen LogP contribution < -0.4 is 4.90 Å². The van der Waals surface area contributed by atoms with E-state index in [0.717, 1.165) is 0 Å². The molecule has 156 valence electrons. The Morgan fingerprint density at radius 3 is 2.43 bits per heavy atom. The van der Waals surface area contributed by atoms with Gasteiger partial charge in [-0.25, -0.2) is 9.37 Å². The number of nitrogens with zero attached hydrogens (tertiary/aromatic N) is 5. The summed E-state index contributed by atoms with van der Waals surface area (Å²) >= 11 is 0. The van der Waals surface area contributed by atoms with Gasteiger partial charge in [0.15, 0.2) is 0 Å². The predicted molar refractivity (Wildman–Crippen MR) is 97.0 cm³/mol. The van der Waals surface area contributed by atoms with Crippen molar-refractivity contribution in [3.05, 3.63) is 59.9 Å². The minimum absolute atomic E-state index is 0.202. The van der Waals surface area contributed by atoms with Crippen LogP contribution in [0.5, 0.6) is 0 Å². The van der Waals surface area contributed by atoms with Gasteiger partial charge in [-0.1, -0.05) is 11.2 Å². The molecule has 2 aromatic heterocycles. The van der Waals surface area contributed by atoms with E-state index >= 15 is 0 Å². The molecule has 0 N–H and O–H groups in total. The summed E-state index contributed by atoms with van der Waals surface area (Å²) < 4.78 is 55.3. The Kier molecular flexibility index (Phi) is 5.10. The Balaban J connectivity index is 1.39. The second-order valence-corrected chi connectivity index (χ2v) is 6.62. The molecule has 7 nitrogen and oxygen atoms in total. The lowest BCUT2D eigenvalue weighted by atomic mass is 10.1. The fraction of sp³-hybridized carbons (Fsp3) is 0.263. The summed E-state index contributed by atoms with van der Waals surface area (Å²) in [5.74, 6) is -1.72. The van der Waals surface area contributed by atoms with Crippen LogP contribution in [0, 0.1) is 5.82 Å². The second kappa shape index (κ2) is 7.73. The number of rotatable bonds is 3. The van der Waals surface area contributed by atoms with Crippen LogP contribution in [0.25, 0.3) is 11.4 Å². The molecule has 0 radical (unpaired) electrons. The molecule has 1 aliphatic heterocycles. The summed E-state index contributed by atoms with van der Waals surface area (Å²) in [7, 11) is 0. The standard InChI is InChI=1S/C19H15F4N5O2/c20-14-3-1-2-12(10-14)17(29)28-8-6-27(7-9-28)15-5-4-13(11-24-15)16-25-18(30-26-16)19(21,22)23/h1-5,10-11H,6-9H2. The van der Waals surface area contributed by atoms with Gasteiger partial charge in [-0.3, -0.25) is 4.79 Å². The van der Waals surface area contributed by atoms with Gasteiger partial charge in [0.25, 0.3) is 5.91 Å². The fourth-order valence-electron chi connectivity index (χ4n) is 3.10. The maximum Gasteiger partial charge on any atom is 0.471 e. The van der Waals surface area contributed by atoms with Crippen molar-refractivity contribution in [1.82, 2.24) is 20.0 Å². The Hall–Kier alpha value is -3.50. The molecule has 4 rings (SSSR count). The zero-order chi connectivity index (χ0) is 21.3. The van der Waals surface area contributed by atoms with Gasteiger partial charge in [0.1, 0.15) is 11.6 Å². The maximum atomic E-state index is 13.3. The number of anilines is 1. The largest absolute Gasteiger partial charge is 0.471 e. The quantitative estimate of drug-likeness (QED) is 0.605. The molecule has 1 saturated heterocycles. The Morgan fingerprint density at radius 2 is 1.83 bits per heavy atom. The molecule has 30 heavy (non-hydrogen) atoms. The molecule has 1 aromatic carbocycles. The van der Waals surface area contributed by atoms with Gasteiger partial charge in [-0.15, -0.1) is 0 Å². The van der Waals surface area contributed by atoms with Crippen LogP contribution in [-0.4, -0.2) is 52.1 Å². The lowest BCUT2D eigenvalue weighted by Gasteiger charge is -2.35. The second-order valence-electron chi connectivity index (χ2n) is 6.62. The van der Waals surface area contributed by atoms with E-state index in [-0.39, 0.29) is 17.3 Å². The topological polar surface area (TPSA) is 75.4 Å². The monoisotopic (exact) mass is 421 g/mol. The molecule has 0 saturated carbocycles. The van der Waals surface area contributed by atoms with Crippen molar-refractivity contribution < 1.29 is 26.9 Å². The minimum atomic E-state index is -4.71. The summed E-state index contributed by atoms with van der Waals surface area (Å²) in [5.41, 5.74) is 0.585. The molecule has 1 aliphatic rings. The maximum absolute atomic E-state index is 13.3. The van der Waals surface area contributed by atoms with E-state index in [9.17, 15) is 22.4 Å². The van der Waals surface area contributed by atoms with E-state index in [0.29, 0.717) is 37.6 Å². The van der Waals surface area contributed by atoms with Gasteiger partial charge in [0.2, 0.25) is 5.82 Å². The van der Waals surface area contributed by atoms with E-state index in [4.69, 9.17) is 0 Å².